The monoisotopic (exact) mass is 572 g/mol. The number of alkyl carbamates (subject to hydrolysis) is 1. The minimum absolute atomic E-state index is 0.00662. The first-order valence-electron chi connectivity index (χ1n) is 13.9. The summed E-state index contributed by atoms with van der Waals surface area (Å²) in [5, 5.41) is 3.82. The van der Waals surface area contributed by atoms with Gasteiger partial charge in [-0.15, -0.1) is 5.92 Å². The van der Waals surface area contributed by atoms with E-state index in [9.17, 15) is 14.4 Å². The van der Waals surface area contributed by atoms with Crippen LogP contribution in [0, 0.1) is 11.8 Å². The molecule has 0 unspecified atom stereocenters. The first-order chi connectivity index (χ1) is 19.9. The van der Waals surface area contributed by atoms with Gasteiger partial charge in [-0.1, -0.05) is 12.0 Å². The SMILES string of the molecule is CC#CCn1c(N2CCC[C@@H](NC(=O)OC(C)(C)C)C2)nc2c1c(=O)n(Cc1ccc3cc(N)ccc3n1)c(=O)n2C. The van der Waals surface area contributed by atoms with Crippen LogP contribution in [0.15, 0.2) is 39.9 Å². The summed E-state index contributed by atoms with van der Waals surface area (Å²) < 4.78 is 9.77. The first-order valence-corrected chi connectivity index (χ1v) is 13.9. The summed E-state index contributed by atoms with van der Waals surface area (Å²) in [5.74, 6) is 6.46. The lowest BCUT2D eigenvalue weighted by Gasteiger charge is -2.34. The smallest absolute Gasteiger partial charge is 0.407 e. The number of nitrogens with zero attached hydrogens (tertiary/aromatic N) is 6. The minimum atomic E-state index is -0.605. The molecule has 3 aromatic heterocycles. The molecule has 12 nitrogen and oxygen atoms in total. The molecule has 0 radical (unpaired) electrons. The Balaban J connectivity index is 1.54. The Hall–Kier alpha value is -4.79. The zero-order valence-electron chi connectivity index (χ0n) is 24.6. The Bertz CT molecular complexity index is 1850. The van der Waals surface area contributed by atoms with Gasteiger partial charge in [0.05, 0.1) is 24.3 Å². The molecule has 1 amide bonds. The molecule has 0 bridgehead atoms. The molecule has 1 aromatic carbocycles. The molecule has 5 rings (SSSR count). The molecule has 1 aliphatic rings. The summed E-state index contributed by atoms with van der Waals surface area (Å²) in [6.07, 6.45) is 1.10. The molecule has 0 saturated carbocycles. The van der Waals surface area contributed by atoms with Crippen molar-refractivity contribution in [2.24, 2.45) is 7.05 Å². The Morgan fingerprint density at radius 3 is 2.69 bits per heavy atom. The number of ether oxygens (including phenoxy) is 1. The predicted molar refractivity (Wildman–Crippen MR) is 163 cm³/mol. The number of carbonyl (C=O) groups excluding carboxylic acids is 1. The number of fused-ring (bicyclic) bond motifs is 2. The number of piperidine rings is 1. The van der Waals surface area contributed by atoms with Crippen LogP contribution < -0.4 is 27.2 Å². The highest BCUT2D eigenvalue weighted by molar-refractivity contribution is 5.82. The van der Waals surface area contributed by atoms with Gasteiger partial charge in [0.25, 0.3) is 5.56 Å². The summed E-state index contributed by atoms with van der Waals surface area (Å²) in [6.45, 7) is 8.53. The summed E-state index contributed by atoms with van der Waals surface area (Å²) in [4.78, 5) is 51.3. The van der Waals surface area contributed by atoms with Crippen molar-refractivity contribution < 1.29 is 9.53 Å². The molecule has 0 aliphatic carbocycles. The topological polar surface area (TPSA) is 142 Å². The van der Waals surface area contributed by atoms with Crippen LogP contribution in [0.5, 0.6) is 0 Å². The first kappa shape index (κ1) is 28.7. The average Bonchev–Trinajstić information content (AvgIpc) is 3.32. The van der Waals surface area contributed by atoms with E-state index in [4.69, 9.17) is 15.5 Å². The second-order valence-electron chi connectivity index (χ2n) is 11.5. The van der Waals surface area contributed by atoms with Crippen molar-refractivity contribution in [1.82, 2.24) is 29.0 Å². The van der Waals surface area contributed by atoms with Crippen LogP contribution in [0.1, 0.15) is 46.2 Å². The lowest BCUT2D eigenvalue weighted by Crippen LogP contribution is -2.49. The molecular weight excluding hydrogens is 536 g/mol. The Labute approximate surface area is 243 Å². The van der Waals surface area contributed by atoms with Crippen LogP contribution >= 0.6 is 0 Å². The maximum absolute atomic E-state index is 13.9. The van der Waals surface area contributed by atoms with Crippen molar-refractivity contribution >= 4 is 39.8 Å². The van der Waals surface area contributed by atoms with Gasteiger partial charge in [-0.3, -0.25) is 23.5 Å². The van der Waals surface area contributed by atoms with Crippen molar-refractivity contribution in [2.45, 2.75) is 65.3 Å². The van der Waals surface area contributed by atoms with E-state index in [1.54, 1.807) is 30.7 Å². The number of aryl methyl sites for hydroxylation is 1. The fourth-order valence-electron chi connectivity index (χ4n) is 5.24. The van der Waals surface area contributed by atoms with E-state index in [0.29, 0.717) is 30.4 Å². The molecule has 1 fully saturated rings. The largest absolute Gasteiger partial charge is 0.444 e. The zero-order chi connectivity index (χ0) is 30.2. The number of hydrogen-bond acceptors (Lipinski definition) is 8. The normalized spacial score (nSPS) is 15.5. The second kappa shape index (κ2) is 11.2. The minimum Gasteiger partial charge on any atom is -0.444 e. The highest BCUT2D eigenvalue weighted by Crippen LogP contribution is 2.24. The zero-order valence-corrected chi connectivity index (χ0v) is 24.6. The Kier molecular flexibility index (Phi) is 7.69. The maximum atomic E-state index is 13.9. The van der Waals surface area contributed by atoms with E-state index in [2.05, 4.69) is 22.1 Å². The van der Waals surface area contributed by atoms with E-state index < -0.39 is 22.9 Å². The number of benzene rings is 1. The third-order valence-electron chi connectivity index (χ3n) is 7.14. The molecule has 1 atom stereocenters. The lowest BCUT2D eigenvalue weighted by molar-refractivity contribution is 0.0499. The van der Waals surface area contributed by atoms with Gasteiger partial charge >= 0.3 is 11.8 Å². The summed E-state index contributed by atoms with van der Waals surface area (Å²) in [6, 6.07) is 8.89. The van der Waals surface area contributed by atoms with Crippen LogP contribution in [0.2, 0.25) is 0 Å². The third-order valence-corrected chi connectivity index (χ3v) is 7.14. The van der Waals surface area contributed by atoms with E-state index in [1.807, 2.05) is 43.9 Å². The summed E-state index contributed by atoms with van der Waals surface area (Å²) in [7, 11) is 1.60. The van der Waals surface area contributed by atoms with Crippen LogP contribution in [0.3, 0.4) is 0 Å². The number of carbonyl (C=O) groups is 1. The highest BCUT2D eigenvalue weighted by atomic mass is 16.6. The number of nitrogens with one attached hydrogen (secondary N) is 1. The maximum Gasteiger partial charge on any atom is 0.407 e. The van der Waals surface area contributed by atoms with Crippen molar-refractivity contribution in [1.29, 1.82) is 0 Å². The molecule has 3 N–H and O–H groups in total. The van der Waals surface area contributed by atoms with Crippen LogP contribution in [0.4, 0.5) is 16.4 Å². The standard InChI is InChI=1S/C30H36N8O4/c1-6-7-15-37-24-25(34-27(37)36-14-8-9-21(17-36)33-28(40)42-30(2,3)4)35(5)29(41)38(26(24)39)18-22-12-10-19-16-20(31)11-13-23(19)32-22/h10-13,16,21H,8-9,14-15,17-18,31H2,1-5H3,(H,33,40)/t21-/m1/s1. The average molecular weight is 573 g/mol. The third kappa shape index (κ3) is 5.81. The van der Waals surface area contributed by atoms with Gasteiger partial charge in [-0.2, -0.15) is 4.98 Å². The number of anilines is 2. The molecule has 12 heteroatoms. The molecule has 4 aromatic rings. The van der Waals surface area contributed by atoms with Crippen LogP contribution in [-0.2, 0) is 24.9 Å². The molecule has 1 saturated heterocycles. The molecule has 1 aliphatic heterocycles. The number of rotatable bonds is 5. The number of nitrogen functional groups attached to an aromatic ring is 1. The number of aromatic nitrogens is 5. The fourth-order valence-corrected chi connectivity index (χ4v) is 5.24. The van der Waals surface area contributed by atoms with Crippen molar-refractivity contribution in [3.63, 3.8) is 0 Å². The van der Waals surface area contributed by atoms with Gasteiger partial charge in [0, 0.05) is 37.3 Å². The van der Waals surface area contributed by atoms with Crippen LogP contribution in [-0.4, -0.2) is 54.5 Å². The van der Waals surface area contributed by atoms with E-state index in [-0.39, 0.29) is 30.3 Å². The number of imidazole rings is 1. The van der Waals surface area contributed by atoms with Crippen molar-refractivity contribution in [2.75, 3.05) is 23.7 Å². The van der Waals surface area contributed by atoms with Gasteiger partial charge in [0.1, 0.15) is 5.60 Å². The molecular formula is C30H36N8O4. The Morgan fingerprint density at radius 2 is 1.95 bits per heavy atom. The Morgan fingerprint density at radius 1 is 1.17 bits per heavy atom. The molecule has 4 heterocycles. The number of nitrogens with two attached hydrogens (primary N) is 1. The van der Waals surface area contributed by atoms with E-state index in [1.165, 1.54) is 9.13 Å². The molecule has 42 heavy (non-hydrogen) atoms. The number of pyridine rings is 1. The highest BCUT2D eigenvalue weighted by Gasteiger charge is 2.29. The van der Waals surface area contributed by atoms with E-state index in [0.717, 1.165) is 23.7 Å². The predicted octanol–water partition coefficient (Wildman–Crippen LogP) is 2.59. The molecule has 0 spiro atoms. The van der Waals surface area contributed by atoms with Crippen molar-refractivity contribution in [3.05, 3.63) is 56.9 Å². The van der Waals surface area contributed by atoms with Gasteiger partial charge in [0.2, 0.25) is 5.95 Å². The van der Waals surface area contributed by atoms with Gasteiger partial charge in [0.15, 0.2) is 11.2 Å². The summed E-state index contributed by atoms with van der Waals surface area (Å²) in [5.41, 5.74) is 6.80. The quantitative estimate of drug-likeness (QED) is 0.275. The van der Waals surface area contributed by atoms with Crippen molar-refractivity contribution in [3.8, 4) is 11.8 Å². The second-order valence-corrected chi connectivity index (χ2v) is 11.5. The van der Waals surface area contributed by atoms with Gasteiger partial charge in [-0.25, -0.2) is 9.59 Å². The van der Waals surface area contributed by atoms with E-state index >= 15 is 0 Å². The van der Waals surface area contributed by atoms with Crippen LogP contribution in [0.25, 0.3) is 22.1 Å². The van der Waals surface area contributed by atoms with Gasteiger partial charge < -0.3 is 20.7 Å². The number of hydrogen-bond donors (Lipinski definition) is 2. The lowest BCUT2D eigenvalue weighted by atomic mass is 10.1. The molecule has 220 valence electrons. The summed E-state index contributed by atoms with van der Waals surface area (Å²) >= 11 is 0. The number of amides is 1. The van der Waals surface area contributed by atoms with Gasteiger partial charge in [-0.05, 0) is 64.8 Å². The fraction of sp³-hybridized carbons (Fsp3) is 0.433.